The number of hydrogen-bond donors (Lipinski definition) is 0. The van der Waals surface area contributed by atoms with Crippen LogP contribution in [0.2, 0.25) is 0 Å². The zero-order valence-corrected chi connectivity index (χ0v) is 9.78. The van der Waals surface area contributed by atoms with Crippen molar-refractivity contribution >= 4 is 22.8 Å². The Kier molecular flexibility index (Phi) is 4.30. The van der Waals surface area contributed by atoms with Crippen LogP contribution in [0.3, 0.4) is 0 Å². The molecule has 5 heteroatoms. The number of hydrogen-bond acceptors (Lipinski definition) is 3. The second-order valence-corrected chi connectivity index (χ2v) is 4.13. The molecule has 0 unspecified atom stereocenters. The molecule has 0 radical (unpaired) electrons. The van der Waals surface area contributed by atoms with Gasteiger partial charge in [0.25, 0.3) is 0 Å². The molecule has 0 N–H and O–H groups in total. The third kappa shape index (κ3) is 4.12. The summed E-state index contributed by atoms with van der Waals surface area (Å²) in [6.45, 7) is 1.79. The number of nitrogens with zero attached hydrogens (tertiary/aromatic N) is 3. The maximum absolute atomic E-state index is 11.4. The summed E-state index contributed by atoms with van der Waals surface area (Å²) in [5.41, 5.74) is 0. The molecule has 0 atom stereocenters. The van der Waals surface area contributed by atoms with Crippen LogP contribution in [0.5, 0.6) is 0 Å². The standard InChI is InChI=1S/C10H13N3OS/c1-8(13(2)3)12-10(14)15-9-5-4-6-11-7-9/h4-7H,1-3H3/b12-8+. The molecule has 1 heterocycles. The van der Waals surface area contributed by atoms with E-state index in [1.807, 2.05) is 20.2 Å². The second-order valence-electron chi connectivity index (χ2n) is 3.11. The first-order valence-corrected chi connectivity index (χ1v) is 5.25. The molecule has 1 rings (SSSR count). The highest BCUT2D eigenvalue weighted by Gasteiger charge is 2.04. The van der Waals surface area contributed by atoms with Gasteiger partial charge in [0, 0.05) is 31.4 Å². The molecular weight excluding hydrogens is 210 g/mol. The number of thioether (sulfide) groups is 1. The molecule has 0 fully saturated rings. The highest BCUT2D eigenvalue weighted by Crippen LogP contribution is 2.18. The Morgan fingerprint density at radius 1 is 1.53 bits per heavy atom. The summed E-state index contributed by atoms with van der Waals surface area (Å²) in [4.78, 5) is 21.9. The monoisotopic (exact) mass is 223 g/mol. The van der Waals surface area contributed by atoms with Crippen molar-refractivity contribution in [2.24, 2.45) is 4.99 Å². The number of aliphatic imine (C=N–C) groups is 1. The summed E-state index contributed by atoms with van der Waals surface area (Å²) in [6.07, 6.45) is 3.31. The van der Waals surface area contributed by atoms with Gasteiger partial charge in [-0.25, -0.2) is 0 Å². The van der Waals surface area contributed by atoms with E-state index in [1.54, 1.807) is 30.3 Å². The van der Waals surface area contributed by atoms with Gasteiger partial charge in [-0.1, -0.05) is 0 Å². The molecule has 0 spiro atoms. The fourth-order valence-corrected chi connectivity index (χ4v) is 1.40. The molecule has 0 aromatic carbocycles. The van der Waals surface area contributed by atoms with E-state index in [1.165, 1.54) is 0 Å². The molecular formula is C10H13N3OS. The van der Waals surface area contributed by atoms with E-state index in [0.717, 1.165) is 16.7 Å². The van der Waals surface area contributed by atoms with Gasteiger partial charge in [0.1, 0.15) is 5.84 Å². The summed E-state index contributed by atoms with van der Waals surface area (Å²) in [5.74, 6) is 0.691. The van der Waals surface area contributed by atoms with Crippen molar-refractivity contribution in [3.05, 3.63) is 24.5 Å². The summed E-state index contributed by atoms with van der Waals surface area (Å²) < 4.78 is 0. The zero-order valence-electron chi connectivity index (χ0n) is 8.97. The topological polar surface area (TPSA) is 45.6 Å². The third-order valence-corrected chi connectivity index (χ3v) is 2.48. The summed E-state index contributed by atoms with van der Waals surface area (Å²) in [5, 5.41) is -0.228. The molecule has 0 aliphatic heterocycles. The molecule has 15 heavy (non-hydrogen) atoms. The minimum absolute atomic E-state index is 0.228. The lowest BCUT2D eigenvalue weighted by Crippen LogP contribution is -2.19. The first kappa shape index (κ1) is 11.7. The maximum atomic E-state index is 11.4. The van der Waals surface area contributed by atoms with Crippen molar-refractivity contribution in [1.29, 1.82) is 0 Å². The van der Waals surface area contributed by atoms with Crippen LogP contribution in [-0.2, 0) is 0 Å². The molecule has 0 saturated heterocycles. The van der Waals surface area contributed by atoms with Gasteiger partial charge in [0.05, 0.1) is 0 Å². The van der Waals surface area contributed by atoms with Crippen LogP contribution in [0.15, 0.2) is 34.4 Å². The minimum atomic E-state index is -0.228. The van der Waals surface area contributed by atoms with E-state index in [0.29, 0.717) is 5.84 Å². The van der Waals surface area contributed by atoms with Crippen molar-refractivity contribution < 1.29 is 4.79 Å². The predicted molar refractivity (Wildman–Crippen MR) is 62.3 cm³/mol. The van der Waals surface area contributed by atoms with Gasteiger partial charge in [-0.3, -0.25) is 9.78 Å². The molecule has 1 amide bonds. The number of rotatable bonds is 1. The number of carbonyl (C=O) groups excluding carboxylic acids is 1. The minimum Gasteiger partial charge on any atom is -0.366 e. The fourth-order valence-electron chi connectivity index (χ4n) is 0.763. The van der Waals surface area contributed by atoms with E-state index in [2.05, 4.69) is 9.98 Å². The van der Waals surface area contributed by atoms with E-state index < -0.39 is 0 Å². The van der Waals surface area contributed by atoms with Crippen LogP contribution in [0.1, 0.15) is 6.92 Å². The van der Waals surface area contributed by atoms with Crippen LogP contribution < -0.4 is 0 Å². The quantitative estimate of drug-likeness (QED) is 0.416. The van der Waals surface area contributed by atoms with Gasteiger partial charge >= 0.3 is 5.24 Å². The number of amidine groups is 1. The smallest absolute Gasteiger partial charge is 0.311 e. The molecule has 0 saturated carbocycles. The number of carbonyl (C=O) groups is 1. The highest BCUT2D eigenvalue weighted by atomic mass is 32.2. The Morgan fingerprint density at radius 2 is 2.27 bits per heavy atom. The zero-order chi connectivity index (χ0) is 11.3. The van der Waals surface area contributed by atoms with E-state index in [9.17, 15) is 4.79 Å². The van der Waals surface area contributed by atoms with Crippen molar-refractivity contribution in [2.75, 3.05) is 14.1 Å². The molecule has 1 aromatic heterocycles. The molecule has 80 valence electrons. The lowest BCUT2D eigenvalue weighted by Gasteiger charge is -2.09. The third-order valence-electron chi connectivity index (χ3n) is 1.74. The summed E-state index contributed by atoms with van der Waals surface area (Å²) >= 11 is 1.07. The van der Waals surface area contributed by atoms with Crippen LogP contribution in [0.4, 0.5) is 4.79 Å². The first-order chi connectivity index (χ1) is 7.09. The highest BCUT2D eigenvalue weighted by molar-refractivity contribution is 8.13. The van der Waals surface area contributed by atoms with E-state index in [-0.39, 0.29) is 5.24 Å². The Labute approximate surface area is 93.4 Å². The normalized spacial score (nSPS) is 11.3. The SMILES string of the molecule is C/C(=N\C(=O)Sc1cccnc1)N(C)C. The van der Waals surface area contributed by atoms with Crippen molar-refractivity contribution in [3.63, 3.8) is 0 Å². The van der Waals surface area contributed by atoms with Gasteiger partial charge in [-0.2, -0.15) is 4.99 Å². The summed E-state index contributed by atoms with van der Waals surface area (Å²) in [7, 11) is 3.70. The van der Waals surface area contributed by atoms with Gasteiger partial charge < -0.3 is 4.90 Å². The summed E-state index contributed by atoms with van der Waals surface area (Å²) in [6, 6.07) is 3.62. The van der Waals surface area contributed by atoms with Crippen LogP contribution in [0.25, 0.3) is 0 Å². The van der Waals surface area contributed by atoms with Gasteiger partial charge in [-0.05, 0) is 30.8 Å². The lowest BCUT2D eigenvalue weighted by atomic mass is 10.5. The Morgan fingerprint density at radius 3 is 2.80 bits per heavy atom. The Hall–Kier alpha value is -1.36. The van der Waals surface area contributed by atoms with Crippen LogP contribution >= 0.6 is 11.8 Å². The average molecular weight is 223 g/mol. The Bertz CT molecular complexity index is 362. The van der Waals surface area contributed by atoms with Gasteiger partial charge in [0.15, 0.2) is 0 Å². The fraction of sp³-hybridized carbons (Fsp3) is 0.300. The van der Waals surface area contributed by atoms with Crippen molar-refractivity contribution in [3.8, 4) is 0 Å². The number of amides is 1. The average Bonchev–Trinajstić information content (AvgIpc) is 2.18. The maximum Gasteiger partial charge on any atom is 0.311 e. The van der Waals surface area contributed by atoms with E-state index >= 15 is 0 Å². The van der Waals surface area contributed by atoms with E-state index in [4.69, 9.17) is 0 Å². The van der Waals surface area contributed by atoms with Gasteiger partial charge in [-0.15, -0.1) is 0 Å². The first-order valence-electron chi connectivity index (χ1n) is 4.44. The Balaban J connectivity index is 2.61. The second kappa shape index (κ2) is 5.50. The molecule has 0 aliphatic rings. The molecule has 1 aromatic rings. The largest absolute Gasteiger partial charge is 0.366 e. The molecule has 4 nitrogen and oxygen atoms in total. The molecule has 0 aliphatic carbocycles. The van der Waals surface area contributed by atoms with Crippen LogP contribution in [-0.4, -0.2) is 35.1 Å². The predicted octanol–water partition coefficient (Wildman–Crippen LogP) is 2.27. The van der Waals surface area contributed by atoms with Gasteiger partial charge in [0.2, 0.25) is 0 Å². The molecule has 0 bridgehead atoms. The van der Waals surface area contributed by atoms with Crippen molar-refractivity contribution in [2.45, 2.75) is 11.8 Å². The van der Waals surface area contributed by atoms with Crippen LogP contribution in [0, 0.1) is 0 Å². The number of aromatic nitrogens is 1. The number of pyridine rings is 1. The lowest BCUT2D eigenvalue weighted by molar-refractivity contribution is 0.267. The van der Waals surface area contributed by atoms with Crippen molar-refractivity contribution in [1.82, 2.24) is 9.88 Å².